The molecule has 0 atom stereocenters. The standard InChI is InChI=1S/C19H17ClN4O5S/c1-2-18-21-17(22-29-18)10-24-15-9-14(7-8-16(15)28-11-19(24)25)30(26,27)23-13-5-3-12(20)4-6-13/h3-9,23H,2,10-11H2,1H3. The molecule has 1 N–H and O–H groups in total. The van der Waals surface area contributed by atoms with Gasteiger partial charge < -0.3 is 9.26 Å². The largest absolute Gasteiger partial charge is 0.482 e. The summed E-state index contributed by atoms with van der Waals surface area (Å²) in [5.74, 6) is 0.819. The second kappa shape index (κ2) is 7.96. The molecule has 0 fully saturated rings. The summed E-state index contributed by atoms with van der Waals surface area (Å²) in [5.41, 5.74) is 0.674. The van der Waals surface area contributed by atoms with Crippen molar-refractivity contribution in [3.8, 4) is 5.75 Å². The molecule has 3 aromatic rings. The lowest BCUT2D eigenvalue weighted by atomic mass is 10.2. The van der Waals surface area contributed by atoms with E-state index in [1.807, 2.05) is 6.92 Å². The van der Waals surface area contributed by atoms with Gasteiger partial charge in [0.1, 0.15) is 5.75 Å². The normalized spacial score (nSPS) is 13.7. The fourth-order valence-electron chi connectivity index (χ4n) is 2.89. The number of carbonyl (C=O) groups is 1. The molecule has 0 spiro atoms. The van der Waals surface area contributed by atoms with E-state index in [-0.39, 0.29) is 24.0 Å². The van der Waals surface area contributed by atoms with Gasteiger partial charge in [-0.05, 0) is 42.5 Å². The van der Waals surface area contributed by atoms with Gasteiger partial charge in [0.2, 0.25) is 5.89 Å². The van der Waals surface area contributed by atoms with Gasteiger partial charge >= 0.3 is 0 Å². The molecule has 0 unspecified atom stereocenters. The van der Waals surface area contributed by atoms with Crippen LogP contribution in [0.1, 0.15) is 18.6 Å². The first kappa shape index (κ1) is 20.2. The number of fused-ring (bicyclic) bond motifs is 1. The number of aromatic nitrogens is 2. The smallest absolute Gasteiger partial charge is 0.265 e. The van der Waals surface area contributed by atoms with Crippen LogP contribution in [-0.4, -0.2) is 31.1 Å². The van der Waals surface area contributed by atoms with E-state index < -0.39 is 10.0 Å². The van der Waals surface area contributed by atoms with Crippen LogP contribution in [-0.2, 0) is 27.8 Å². The summed E-state index contributed by atoms with van der Waals surface area (Å²) in [6.07, 6.45) is 0.569. The van der Waals surface area contributed by atoms with E-state index in [2.05, 4.69) is 14.9 Å². The van der Waals surface area contributed by atoms with Gasteiger partial charge in [0.25, 0.3) is 15.9 Å². The molecule has 9 nitrogen and oxygen atoms in total. The molecule has 2 aromatic carbocycles. The predicted octanol–water partition coefficient (Wildman–Crippen LogP) is 3.01. The first-order chi connectivity index (χ1) is 14.4. The number of benzene rings is 2. The number of hydrogen-bond donors (Lipinski definition) is 1. The Morgan fingerprint density at radius 1 is 1.20 bits per heavy atom. The fourth-order valence-corrected chi connectivity index (χ4v) is 4.10. The summed E-state index contributed by atoms with van der Waals surface area (Å²) >= 11 is 5.84. The maximum atomic E-state index is 12.8. The van der Waals surface area contributed by atoms with Crippen LogP contribution in [0.25, 0.3) is 0 Å². The van der Waals surface area contributed by atoms with Gasteiger partial charge in [0.15, 0.2) is 12.4 Å². The Balaban J connectivity index is 1.65. The molecular weight excluding hydrogens is 432 g/mol. The Kier molecular flexibility index (Phi) is 5.35. The highest BCUT2D eigenvalue weighted by Crippen LogP contribution is 2.35. The third-order valence-electron chi connectivity index (χ3n) is 4.39. The number of rotatable bonds is 6. The summed E-state index contributed by atoms with van der Waals surface area (Å²) in [6, 6.07) is 10.6. The number of halogens is 1. The molecule has 156 valence electrons. The van der Waals surface area contributed by atoms with Crippen LogP contribution in [0.4, 0.5) is 11.4 Å². The quantitative estimate of drug-likeness (QED) is 0.616. The summed E-state index contributed by atoms with van der Waals surface area (Å²) < 4.78 is 38.7. The number of nitrogens with zero attached hydrogens (tertiary/aromatic N) is 3. The topological polar surface area (TPSA) is 115 Å². The molecule has 1 aliphatic rings. The zero-order chi connectivity index (χ0) is 21.3. The Bertz CT molecular complexity index is 1190. The Hall–Kier alpha value is -3.11. The van der Waals surface area contributed by atoms with Gasteiger partial charge in [-0.1, -0.05) is 23.7 Å². The van der Waals surface area contributed by atoms with Crippen molar-refractivity contribution < 1.29 is 22.5 Å². The molecule has 1 aliphatic heterocycles. The summed E-state index contributed by atoms with van der Waals surface area (Å²) in [6.45, 7) is 1.74. The van der Waals surface area contributed by atoms with E-state index >= 15 is 0 Å². The van der Waals surface area contributed by atoms with Crippen molar-refractivity contribution in [2.24, 2.45) is 0 Å². The number of aryl methyl sites for hydroxylation is 1. The number of amides is 1. The van der Waals surface area contributed by atoms with E-state index in [0.717, 1.165) is 0 Å². The third-order valence-corrected chi connectivity index (χ3v) is 6.02. The van der Waals surface area contributed by atoms with E-state index in [1.165, 1.54) is 23.1 Å². The predicted molar refractivity (Wildman–Crippen MR) is 109 cm³/mol. The fraction of sp³-hybridized carbons (Fsp3) is 0.211. The first-order valence-corrected chi connectivity index (χ1v) is 10.9. The van der Waals surface area contributed by atoms with Crippen molar-refractivity contribution >= 4 is 38.9 Å². The van der Waals surface area contributed by atoms with Crippen LogP contribution in [0.3, 0.4) is 0 Å². The van der Waals surface area contributed by atoms with Crippen molar-refractivity contribution in [2.45, 2.75) is 24.8 Å². The minimum absolute atomic E-state index is 0.0261. The maximum Gasteiger partial charge on any atom is 0.265 e. The molecule has 30 heavy (non-hydrogen) atoms. The lowest BCUT2D eigenvalue weighted by molar-refractivity contribution is -0.121. The van der Waals surface area contributed by atoms with E-state index in [0.29, 0.717) is 40.3 Å². The van der Waals surface area contributed by atoms with Gasteiger partial charge in [-0.15, -0.1) is 0 Å². The maximum absolute atomic E-state index is 12.8. The molecular formula is C19H17ClN4O5S. The summed E-state index contributed by atoms with van der Waals surface area (Å²) in [7, 11) is -3.91. The highest BCUT2D eigenvalue weighted by atomic mass is 35.5. The number of anilines is 2. The molecule has 0 saturated carbocycles. The molecule has 11 heteroatoms. The summed E-state index contributed by atoms with van der Waals surface area (Å²) in [5, 5.41) is 4.35. The Morgan fingerprint density at radius 2 is 1.97 bits per heavy atom. The van der Waals surface area contributed by atoms with Gasteiger partial charge in [0, 0.05) is 17.1 Å². The van der Waals surface area contributed by atoms with Crippen molar-refractivity contribution in [2.75, 3.05) is 16.2 Å². The van der Waals surface area contributed by atoms with Crippen LogP contribution in [0, 0.1) is 0 Å². The average molecular weight is 449 g/mol. The number of sulfonamides is 1. The highest BCUT2D eigenvalue weighted by Gasteiger charge is 2.29. The Labute approximate surface area is 177 Å². The first-order valence-electron chi connectivity index (χ1n) is 9.03. The van der Waals surface area contributed by atoms with Crippen LogP contribution < -0.4 is 14.4 Å². The molecule has 2 heterocycles. The zero-order valence-corrected chi connectivity index (χ0v) is 17.4. The molecule has 1 amide bonds. The molecule has 4 rings (SSSR count). The van der Waals surface area contributed by atoms with Gasteiger partial charge in [-0.2, -0.15) is 4.98 Å². The monoisotopic (exact) mass is 448 g/mol. The Morgan fingerprint density at radius 3 is 2.67 bits per heavy atom. The van der Waals surface area contributed by atoms with E-state index in [4.69, 9.17) is 20.9 Å². The lowest BCUT2D eigenvalue weighted by Gasteiger charge is -2.28. The van der Waals surface area contributed by atoms with E-state index in [9.17, 15) is 13.2 Å². The zero-order valence-electron chi connectivity index (χ0n) is 15.8. The van der Waals surface area contributed by atoms with Crippen LogP contribution in [0.15, 0.2) is 51.9 Å². The van der Waals surface area contributed by atoms with Crippen molar-refractivity contribution in [3.63, 3.8) is 0 Å². The van der Waals surface area contributed by atoms with Crippen LogP contribution in [0.5, 0.6) is 5.75 Å². The number of carbonyl (C=O) groups excluding carboxylic acids is 1. The van der Waals surface area contributed by atoms with Crippen molar-refractivity contribution in [1.29, 1.82) is 0 Å². The molecule has 1 aromatic heterocycles. The van der Waals surface area contributed by atoms with Crippen LogP contribution in [0.2, 0.25) is 5.02 Å². The minimum atomic E-state index is -3.91. The molecule has 0 bridgehead atoms. The second-order valence-electron chi connectivity index (χ2n) is 6.47. The number of ether oxygens (including phenoxy) is 1. The third kappa shape index (κ3) is 4.10. The minimum Gasteiger partial charge on any atom is -0.482 e. The highest BCUT2D eigenvalue weighted by molar-refractivity contribution is 7.92. The second-order valence-corrected chi connectivity index (χ2v) is 8.59. The van der Waals surface area contributed by atoms with Crippen molar-refractivity contribution in [1.82, 2.24) is 10.1 Å². The van der Waals surface area contributed by atoms with Gasteiger partial charge in [0.05, 0.1) is 17.1 Å². The van der Waals surface area contributed by atoms with Crippen molar-refractivity contribution in [3.05, 3.63) is 59.2 Å². The van der Waals surface area contributed by atoms with Crippen LogP contribution >= 0.6 is 11.6 Å². The SMILES string of the molecule is CCc1nc(CN2C(=O)COc3ccc(S(=O)(=O)Nc4ccc(Cl)cc4)cc32)no1. The number of hydrogen-bond acceptors (Lipinski definition) is 7. The number of nitrogens with one attached hydrogen (secondary N) is 1. The van der Waals surface area contributed by atoms with Gasteiger partial charge in [-0.3, -0.25) is 14.4 Å². The molecule has 0 radical (unpaired) electrons. The molecule has 0 aliphatic carbocycles. The van der Waals surface area contributed by atoms with Gasteiger partial charge in [-0.25, -0.2) is 8.42 Å². The average Bonchev–Trinajstić information content (AvgIpc) is 3.19. The lowest BCUT2D eigenvalue weighted by Crippen LogP contribution is -2.38. The molecule has 0 saturated heterocycles. The van der Waals surface area contributed by atoms with E-state index in [1.54, 1.807) is 24.3 Å². The summed E-state index contributed by atoms with van der Waals surface area (Å²) in [4.78, 5) is 18.0.